The number of aliphatic hydroxyl groups is 2. The Hall–Kier alpha value is -2.58. The highest BCUT2D eigenvalue weighted by atomic mass is 16.4. The molecule has 8 heteroatoms. The molecule has 8 nitrogen and oxygen atoms in total. The number of Topliss-reactive ketones (excluding diaryl/α,β-unsaturated/α-hetero) is 1. The van der Waals surface area contributed by atoms with Gasteiger partial charge in [-0.1, -0.05) is 38.2 Å². The third kappa shape index (κ3) is 11.5. The zero-order chi connectivity index (χ0) is 25.7. The lowest BCUT2D eigenvalue weighted by atomic mass is 9.87. The topological polar surface area (TPSA) is 141 Å². The van der Waals surface area contributed by atoms with Gasteiger partial charge in [0.05, 0.1) is 12.2 Å². The molecule has 34 heavy (non-hydrogen) atoms. The minimum atomic E-state index is -0.971. The van der Waals surface area contributed by atoms with E-state index in [1.54, 1.807) is 26.0 Å². The van der Waals surface area contributed by atoms with E-state index >= 15 is 0 Å². The van der Waals surface area contributed by atoms with Crippen molar-refractivity contribution in [1.29, 1.82) is 0 Å². The van der Waals surface area contributed by atoms with Crippen LogP contribution in [-0.4, -0.2) is 51.1 Å². The van der Waals surface area contributed by atoms with E-state index in [2.05, 4.69) is 5.32 Å². The number of hydrogen-bond donors (Lipinski definition) is 4. The second-order valence-electron chi connectivity index (χ2n) is 9.20. The predicted octanol–water partition coefficient (Wildman–Crippen LogP) is 3.09. The Morgan fingerprint density at radius 3 is 2.29 bits per heavy atom. The second kappa shape index (κ2) is 15.3. The average Bonchev–Trinajstić information content (AvgIpc) is 2.76. The third-order valence-corrected chi connectivity index (χ3v) is 6.15. The Morgan fingerprint density at radius 1 is 1.06 bits per heavy atom. The molecule has 1 saturated heterocycles. The second-order valence-corrected chi connectivity index (χ2v) is 9.20. The number of imide groups is 1. The maximum atomic E-state index is 12.5. The van der Waals surface area contributed by atoms with Crippen molar-refractivity contribution in [3.05, 3.63) is 36.0 Å². The number of carboxylic acids is 1. The van der Waals surface area contributed by atoms with Crippen LogP contribution in [0.1, 0.15) is 72.1 Å². The molecule has 0 aromatic heterocycles. The Morgan fingerprint density at radius 2 is 1.68 bits per heavy atom. The number of aliphatic hydroxyl groups excluding tert-OH is 2. The summed E-state index contributed by atoms with van der Waals surface area (Å²) >= 11 is 0. The maximum Gasteiger partial charge on any atom is 0.327 e. The molecule has 0 saturated carbocycles. The maximum absolute atomic E-state index is 12.5. The fourth-order valence-electron chi connectivity index (χ4n) is 3.99. The molecule has 1 aliphatic rings. The van der Waals surface area contributed by atoms with Crippen molar-refractivity contribution >= 4 is 23.6 Å². The SMILES string of the molecule is C/C(=C\[C@@H](C)[C@H](O)C/C=C/CC/C=C/C(=O)O)[C@@H](O)[C@H](C)C(=O)CCCC1CC(=O)NC(=O)C1. The van der Waals surface area contributed by atoms with E-state index in [1.807, 2.05) is 19.1 Å². The van der Waals surface area contributed by atoms with Gasteiger partial charge in [-0.2, -0.15) is 0 Å². The van der Waals surface area contributed by atoms with E-state index < -0.39 is 24.1 Å². The molecular formula is C26H39NO7. The highest BCUT2D eigenvalue weighted by Crippen LogP contribution is 2.23. The van der Waals surface area contributed by atoms with Crippen LogP contribution in [0.15, 0.2) is 36.0 Å². The summed E-state index contributed by atoms with van der Waals surface area (Å²) in [7, 11) is 0. The summed E-state index contributed by atoms with van der Waals surface area (Å²) in [5.41, 5.74) is 0.629. The molecule has 0 aromatic carbocycles. The van der Waals surface area contributed by atoms with Crippen molar-refractivity contribution < 1.29 is 34.5 Å². The summed E-state index contributed by atoms with van der Waals surface area (Å²) in [6.45, 7) is 5.28. The van der Waals surface area contributed by atoms with Crippen LogP contribution in [0.25, 0.3) is 0 Å². The number of aliphatic carboxylic acids is 1. The van der Waals surface area contributed by atoms with Crippen molar-refractivity contribution in [3.63, 3.8) is 0 Å². The molecule has 0 spiro atoms. The Bertz CT molecular complexity index is 783. The van der Waals surface area contributed by atoms with Crippen molar-refractivity contribution in [1.82, 2.24) is 5.32 Å². The van der Waals surface area contributed by atoms with E-state index in [0.29, 0.717) is 50.5 Å². The van der Waals surface area contributed by atoms with Gasteiger partial charge in [-0.3, -0.25) is 19.7 Å². The van der Waals surface area contributed by atoms with Crippen molar-refractivity contribution in [3.8, 4) is 0 Å². The lowest BCUT2D eigenvalue weighted by Gasteiger charge is -2.22. The zero-order valence-corrected chi connectivity index (χ0v) is 20.4. The molecule has 0 radical (unpaired) electrons. The van der Waals surface area contributed by atoms with Crippen LogP contribution in [0.2, 0.25) is 0 Å². The van der Waals surface area contributed by atoms with E-state index in [-0.39, 0.29) is 35.9 Å². The number of carbonyl (C=O) groups excluding carboxylic acids is 3. The highest BCUT2D eigenvalue weighted by molar-refractivity contribution is 5.97. The third-order valence-electron chi connectivity index (χ3n) is 6.15. The number of nitrogens with one attached hydrogen (secondary N) is 1. The molecule has 2 amide bonds. The van der Waals surface area contributed by atoms with Crippen LogP contribution in [0, 0.1) is 17.8 Å². The van der Waals surface area contributed by atoms with E-state index in [0.717, 1.165) is 6.08 Å². The van der Waals surface area contributed by atoms with Gasteiger partial charge >= 0.3 is 5.97 Å². The predicted molar refractivity (Wildman–Crippen MR) is 129 cm³/mol. The lowest BCUT2D eigenvalue weighted by molar-refractivity contribution is -0.135. The molecule has 0 aromatic rings. The minimum absolute atomic E-state index is 0.0338. The lowest BCUT2D eigenvalue weighted by Crippen LogP contribution is -2.38. The van der Waals surface area contributed by atoms with Gasteiger partial charge in [0.1, 0.15) is 5.78 Å². The molecule has 4 N–H and O–H groups in total. The monoisotopic (exact) mass is 477 g/mol. The zero-order valence-electron chi connectivity index (χ0n) is 20.4. The van der Waals surface area contributed by atoms with Crippen LogP contribution in [-0.2, 0) is 19.2 Å². The molecule has 1 aliphatic heterocycles. The number of hydrogen-bond acceptors (Lipinski definition) is 6. The van der Waals surface area contributed by atoms with Crippen molar-refractivity contribution in [2.75, 3.05) is 0 Å². The molecule has 0 unspecified atom stereocenters. The van der Waals surface area contributed by atoms with Crippen molar-refractivity contribution in [2.45, 2.75) is 84.3 Å². The van der Waals surface area contributed by atoms with E-state index in [9.17, 15) is 29.4 Å². The number of piperidine rings is 1. The van der Waals surface area contributed by atoms with Gasteiger partial charge in [-0.05, 0) is 50.5 Å². The first-order valence-electron chi connectivity index (χ1n) is 12.0. The molecular weight excluding hydrogens is 438 g/mol. The molecule has 0 bridgehead atoms. The summed E-state index contributed by atoms with van der Waals surface area (Å²) in [5, 5.41) is 31.8. The summed E-state index contributed by atoms with van der Waals surface area (Å²) < 4.78 is 0. The van der Waals surface area contributed by atoms with Crippen LogP contribution in [0.4, 0.5) is 0 Å². The first-order chi connectivity index (χ1) is 16.0. The van der Waals surface area contributed by atoms with Gasteiger partial charge < -0.3 is 15.3 Å². The summed E-state index contributed by atoms with van der Waals surface area (Å²) in [6.07, 6.45) is 10.4. The smallest absolute Gasteiger partial charge is 0.327 e. The fourth-order valence-corrected chi connectivity index (χ4v) is 3.99. The highest BCUT2D eigenvalue weighted by Gasteiger charge is 2.27. The molecule has 190 valence electrons. The molecule has 4 atom stereocenters. The van der Waals surface area contributed by atoms with Crippen LogP contribution >= 0.6 is 0 Å². The van der Waals surface area contributed by atoms with Gasteiger partial charge in [0.25, 0.3) is 0 Å². The number of allylic oxidation sites excluding steroid dienone is 2. The number of rotatable bonds is 15. The Kier molecular flexibility index (Phi) is 13.3. The number of ketones is 1. The van der Waals surface area contributed by atoms with Gasteiger partial charge in [-0.15, -0.1) is 0 Å². The van der Waals surface area contributed by atoms with Crippen LogP contribution in [0.3, 0.4) is 0 Å². The van der Waals surface area contributed by atoms with Gasteiger partial charge in [-0.25, -0.2) is 4.79 Å². The fraction of sp³-hybridized carbons (Fsp3) is 0.615. The quantitative estimate of drug-likeness (QED) is 0.123. The largest absolute Gasteiger partial charge is 0.478 e. The number of carbonyl (C=O) groups is 4. The molecule has 1 fully saturated rings. The first-order valence-corrected chi connectivity index (χ1v) is 12.0. The molecule has 1 heterocycles. The summed E-state index contributed by atoms with van der Waals surface area (Å²) in [4.78, 5) is 45.8. The van der Waals surface area contributed by atoms with Crippen LogP contribution < -0.4 is 5.32 Å². The number of amides is 2. The standard InChI is InChI=1S/C26H39NO7/c1-17(21(28)11-7-5-4-6-8-13-25(32)33)14-18(2)26(34)19(3)22(29)12-9-10-20-15-23(30)27-24(31)16-20/h5,7-8,13-14,17,19-21,26,28,34H,4,6,9-12,15-16H2,1-3H3,(H,32,33)(H,27,30,31)/b7-5+,13-8+,18-14+/t17-,19-,21-,26-/m1/s1. The number of carboxylic acid groups (broad SMARTS) is 1. The Balaban J connectivity index is 2.42. The summed E-state index contributed by atoms with van der Waals surface area (Å²) in [6, 6.07) is 0. The van der Waals surface area contributed by atoms with Gasteiger partial charge in [0.15, 0.2) is 0 Å². The van der Waals surface area contributed by atoms with Crippen molar-refractivity contribution in [2.24, 2.45) is 17.8 Å². The van der Waals surface area contributed by atoms with E-state index in [1.165, 1.54) is 0 Å². The van der Waals surface area contributed by atoms with Gasteiger partial charge in [0.2, 0.25) is 11.8 Å². The first kappa shape index (κ1) is 29.5. The van der Waals surface area contributed by atoms with Crippen LogP contribution in [0.5, 0.6) is 0 Å². The average molecular weight is 478 g/mol. The molecule has 0 aliphatic carbocycles. The minimum Gasteiger partial charge on any atom is -0.478 e. The summed E-state index contributed by atoms with van der Waals surface area (Å²) in [5.74, 6) is -2.41. The van der Waals surface area contributed by atoms with Gasteiger partial charge in [0, 0.05) is 37.2 Å². The Labute approximate surface area is 201 Å². The van der Waals surface area contributed by atoms with E-state index in [4.69, 9.17) is 5.11 Å². The molecule has 1 rings (SSSR count). The number of unbranched alkanes of at least 4 members (excludes halogenated alkanes) is 1. The normalized spacial score (nSPS) is 19.3.